The molecule has 6 heteroatoms. The van der Waals surface area contributed by atoms with Crippen LogP contribution in [0.1, 0.15) is 10.4 Å². The summed E-state index contributed by atoms with van der Waals surface area (Å²) >= 11 is 0. The van der Waals surface area contributed by atoms with Gasteiger partial charge in [0.1, 0.15) is 0 Å². The lowest BCUT2D eigenvalue weighted by atomic mass is 10.2. The van der Waals surface area contributed by atoms with Crippen LogP contribution in [0.2, 0.25) is 0 Å². The highest BCUT2D eigenvalue weighted by molar-refractivity contribution is 7.85. The number of hydrogen-bond acceptors (Lipinski definition) is 4. The van der Waals surface area contributed by atoms with Crippen molar-refractivity contribution < 1.29 is 17.4 Å². The van der Waals surface area contributed by atoms with Crippen molar-refractivity contribution in [1.29, 1.82) is 0 Å². The molecule has 0 unspecified atom stereocenters. The van der Waals surface area contributed by atoms with Gasteiger partial charge in [-0.15, -0.1) is 0 Å². The Morgan fingerprint density at radius 3 is 2.36 bits per heavy atom. The molecule has 0 heterocycles. The minimum absolute atomic E-state index is 0.258. The molecule has 0 aliphatic carbocycles. The Morgan fingerprint density at radius 2 is 1.86 bits per heavy atom. The van der Waals surface area contributed by atoms with Crippen LogP contribution in [0, 0.1) is 0 Å². The van der Waals surface area contributed by atoms with Crippen molar-refractivity contribution in [3.05, 3.63) is 35.9 Å². The standard InChI is InChI=1S/C8H9NO4S/c1-13-14(11,12)9-8(10)7-5-3-2-4-6-7/h2-6H,1H3,(H,9,10). The molecule has 76 valence electrons. The van der Waals surface area contributed by atoms with E-state index in [1.54, 1.807) is 22.9 Å². The average molecular weight is 215 g/mol. The van der Waals surface area contributed by atoms with E-state index < -0.39 is 16.2 Å². The summed E-state index contributed by atoms with van der Waals surface area (Å²) in [4.78, 5) is 11.2. The van der Waals surface area contributed by atoms with Gasteiger partial charge in [-0.05, 0) is 12.1 Å². The molecule has 14 heavy (non-hydrogen) atoms. The molecule has 0 atom stereocenters. The highest BCUT2D eigenvalue weighted by atomic mass is 32.2. The predicted molar refractivity (Wildman–Crippen MR) is 49.8 cm³/mol. The smallest absolute Gasteiger partial charge is 0.268 e. The third kappa shape index (κ3) is 2.82. The second kappa shape index (κ2) is 4.21. The van der Waals surface area contributed by atoms with E-state index >= 15 is 0 Å². The van der Waals surface area contributed by atoms with Crippen molar-refractivity contribution >= 4 is 16.2 Å². The first-order valence-corrected chi connectivity index (χ1v) is 5.14. The van der Waals surface area contributed by atoms with Crippen molar-refractivity contribution in [2.45, 2.75) is 0 Å². The number of carbonyl (C=O) groups excluding carboxylic acids is 1. The van der Waals surface area contributed by atoms with Crippen LogP contribution in [0.15, 0.2) is 30.3 Å². The van der Waals surface area contributed by atoms with Gasteiger partial charge in [-0.1, -0.05) is 18.2 Å². The molecule has 1 aromatic rings. The molecule has 1 N–H and O–H groups in total. The maximum atomic E-state index is 11.2. The van der Waals surface area contributed by atoms with Gasteiger partial charge in [-0.2, -0.15) is 8.42 Å². The molecule has 0 radical (unpaired) electrons. The lowest BCUT2D eigenvalue weighted by molar-refractivity contribution is 0.0977. The molecule has 1 aromatic carbocycles. The lowest BCUT2D eigenvalue weighted by Crippen LogP contribution is -2.31. The SMILES string of the molecule is COS(=O)(=O)NC(=O)c1ccccc1. The highest BCUT2D eigenvalue weighted by Crippen LogP contribution is 1.99. The Kier molecular flexibility index (Phi) is 3.21. The molecule has 0 spiro atoms. The fourth-order valence-electron chi connectivity index (χ4n) is 0.804. The topological polar surface area (TPSA) is 72.5 Å². The molecular weight excluding hydrogens is 206 g/mol. The van der Waals surface area contributed by atoms with Crippen LogP contribution in [0.5, 0.6) is 0 Å². The second-order valence-corrected chi connectivity index (χ2v) is 3.86. The normalized spacial score (nSPS) is 10.9. The molecule has 1 amide bonds. The highest BCUT2D eigenvalue weighted by Gasteiger charge is 2.13. The van der Waals surface area contributed by atoms with E-state index in [0.29, 0.717) is 0 Å². The van der Waals surface area contributed by atoms with Crippen molar-refractivity contribution in [2.75, 3.05) is 7.11 Å². The molecule has 0 saturated carbocycles. The van der Waals surface area contributed by atoms with Gasteiger partial charge in [0, 0.05) is 5.56 Å². The van der Waals surface area contributed by atoms with E-state index in [9.17, 15) is 13.2 Å². The maximum absolute atomic E-state index is 11.2. The molecule has 0 saturated heterocycles. The van der Waals surface area contributed by atoms with E-state index in [0.717, 1.165) is 7.11 Å². The summed E-state index contributed by atoms with van der Waals surface area (Å²) in [6.07, 6.45) is 0. The van der Waals surface area contributed by atoms with Crippen LogP contribution in [-0.4, -0.2) is 21.4 Å². The van der Waals surface area contributed by atoms with Gasteiger partial charge in [0.25, 0.3) is 5.91 Å². The fraction of sp³-hybridized carbons (Fsp3) is 0.125. The first-order chi connectivity index (χ1) is 6.55. The Labute approximate surface area is 82.0 Å². The molecule has 1 rings (SSSR count). The first kappa shape index (κ1) is 10.7. The Morgan fingerprint density at radius 1 is 1.29 bits per heavy atom. The van der Waals surface area contributed by atoms with Gasteiger partial charge >= 0.3 is 10.3 Å². The van der Waals surface area contributed by atoms with Crippen molar-refractivity contribution in [3.63, 3.8) is 0 Å². The fourth-order valence-corrected chi connectivity index (χ4v) is 1.23. The molecule has 0 aliphatic heterocycles. The van der Waals surface area contributed by atoms with Crippen molar-refractivity contribution in [3.8, 4) is 0 Å². The zero-order chi connectivity index (χ0) is 10.6. The maximum Gasteiger partial charge on any atom is 0.362 e. The number of rotatable bonds is 3. The molecule has 0 aromatic heterocycles. The minimum Gasteiger partial charge on any atom is -0.268 e. The Bertz CT molecular complexity index is 412. The van der Waals surface area contributed by atoms with Gasteiger partial charge < -0.3 is 0 Å². The lowest BCUT2D eigenvalue weighted by Gasteiger charge is -2.03. The summed E-state index contributed by atoms with van der Waals surface area (Å²) < 4.78 is 27.5. The summed E-state index contributed by atoms with van der Waals surface area (Å²) in [7, 11) is -2.99. The van der Waals surface area contributed by atoms with Gasteiger partial charge in [0.15, 0.2) is 0 Å². The zero-order valence-electron chi connectivity index (χ0n) is 7.43. The number of hydrogen-bond donors (Lipinski definition) is 1. The summed E-state index contributed by atoms with van der Waals surface area (Å²) in [5.41, 5.74) is 0.258. The molecule has 0 aliphatic rings. The van der Waals surface area contributed by atoms with Crippen LogP contribution >= 0.6 is 0 Å². The van der Waals surface area contributed by atoms with Gasteiger partial charge in [0.05, 0.1) is 7.11 Å². The van der Waals surface area contributed by atoms with Crippen LogP contribution in [0.3, 0.4) is 0 Å². The van der Waals surface area contributed by atoms with E-state index in [1.165, 1.54) is 12.1 Å². The first-order valence-electron chi connectivity index (χ1n) is 3.73. The third-order valence-electron chi connectivity index (χ3n) is 1.47. The van der Waals surface area contributed by atoms with Crippen molar-refractivity contribution in [2.24, 2.45) is 0 Å². The summed E-state index contributed by atoms with van der Waals surface area (Å²) in [5.74, 6) is -0.715. The Balaban J connectivity index is 2.79. The van der Waals surface area contributed by atoms with Gasteiger partial charge in [-0.3, -0.25) is 8.98 Å². The van der Waals surface area contributed by atoms with E-state index in [-0.39, 0.29) is 5.56 Å². The van der Waals surface area contributed by atoms with Crippen LogP contribution in [0.25, 0.3) is 0 Å². The molecule has 0 fully saturated rings. The molecule has 5 nitrogen and oxygen atoms in total. The number of benzene rings is 1. The van der Waals surface area contributed by atoms with Gasteiger partial charge in [-0.25, -0.2) is 4.72 Å². The number of amides is 1. The summed E-state index contributed by atoms with van der Waals surface area (Å²) in [5, 5.41) is 0. The molecular formula is C8H9NO4S. The van der Waals surface area contributed by atoms with Crippen LogP contribution < -0.4 is 4.72 Å². The minimum atomic E-state index is -3.97. The van der Waals surface area contributed by atoms with Crippen LogP contribution in [-0.2, 0) is 14.5 Å². The van der Waals surface area contributed by atoms with E-state index in [1.807, 2.05) is 0 Å². The number of carbonyl (C=O) groups is 1. The Hall–Kier alpha value is -1.40. The summed E-state index contributed by atoms with van der Waals surface area (Å²) in [6.45, 7) is 0. The monoisotopic (exact) mass is 215 g/mol. The number of nitrogens with one attached hydrogen (secondary N) is 1. The van der Waals surface area contributed by atoms with Crippen LogP contribution in [0.4, 0.5) is 0 Å². The average Bonchev–Trinajstić information content (AvgIpc) is 2.19. The second-order valence-electron chi connectivity index (χ2n) is 2.42. The predicted octanol–water partition coefficient (Wildman–Crippen LogP) is 0.308. The van der Waals surface area contributed by atoms with Gasteiger partial charge in [0.2, 0.25) is 0 Å². The summed E-state index contributed by atoms with van der Waals surface area (Å²) in [6, 6.07) is 7.99. The zero-order valence-corrected chi connectivity index (χ0v) is 8.24. The van der Waals surface area contributed by atoms with E-state index in [2.05, 4.69) is 4.18 Å². The third-order valence-corrected chi connectivity index (χ3v) is 2.35. The molecule has 0 bridgehead atoms. The van der Waals surface area contributed by atoms with Crippen molar-refractivity contribution in [1.82, 2.24) is 4.72 Å². The quantitative estimate of drug-likeness (QED) is 0.787. The largest absolute Gasteiger partial charge is 0.362 e. The van der Waals surface area contributed by atoms with E-state index in [4.69, 9.17) is 0 Å².